The summed E-state index contributed by atoms with van der Waals surface area (Å²) in [4.78, 5) is 0. The molecule has 0 radical (unpaired) electrons. The van der Waals surface area contributed by atoms with Crippen LogP contribution in [-0.2, 0) is 19.9 Å². The highest BCUT2D eigenvalue weighted by Crippen LogP contribution is 2.34. The van der Waals surface area contributed by atoms with Crippen LogP contribution < -0.4 is 15.2 Å². The molecule has 2 N–H and O–H groups in total. The highest BCUT2D eigenvalue weighted by molar-refractivity contribution is 5.46. The van der Waals surface area contributed by atoms with Crippen LogP contribution in [0, 0.1) is 6.92 Å². The van der Waals surface area contributed by atoms with Gasteiger partial charge in [0.1, 0.15) is 0 Å². The fraction of sp³-hybridized carbons (Fsp3) is 0.438. The molecule has 0 spiro atoms. The molecule has 5 heteroatoms. The molecule has 2 aromatic rings. The van der Waals surface area contributed by atoms with Crippen molar-refractivity contribution < 1.29 is 9.47 Å². The summed E-state index contributed by atoms with van der Waals surface area (Å²) in [7, 11) is 3.52. The Labute approximate surface area is 125 Å². The van der Waals surface area contributed by atoms with Crippen LogP contribution in [0.4, 0.5) is 0 Å². The van der Waals surface area contributed by atoms with Crippen molar-refractivity contribution in [1.29, 1.82) is 0 Å². The van der Waals surface area contributed by atoms with Gasteiger partial charge < -0.3 is 15.2 Å². The first-order valence-corrected chi connectivity index (χ1v) is 7.18. The predicted octanol–water partition coefficient (Wildman–Crippen LogP) is 2.59. The van der Waals surface area contributed by atoms with Crippen molar-refractivity contribution in [3.05, 3.63) is 35.0 Å². The largest absolute Gasteiger partial charge is 0.493 e. The van der Waals surface area contributed by atoms with E-state index in [1.165, 1.54) is 5.56 Å². The molecule has 0 bridgehead atoms. The van der Waals surface area contributed by atoms with Crippen LogP contribution in [0.15, 0.2) is 18.2 Å². The summed E-state index contributed by atoms with van der Waals surface area (Å²) < 4.78 is 13.2. The average molecular weight is 289 g/mol. The number of ether oxygens (including phenoxy) is 2. The van der Waals surface area contributed by atoms with Crippen LogP contribution in [0.2, 0.25) is 0 Å². The summed E-state index contributed by atoms with van der Waals surface area (Å²) in [5, 5.41) is 4.41. The van der Waals surface area contributed by atoms with Crippen molar-refractivity contribution in [1.82, 2.24) is 9.78 Å². The summed E-state index contributed by atoms with van der Waals surface area (Å²) in [6.45, 7) is 4.64. The van der Waals surface area contributed by atoms with E-state index in [1.807, 2.05) is 32.2 Å². The van der Waals surface area contributed by atoms with Gasteiger partial charge in [-0.3, -0.25) is 0 Å². The first-order valence-electron chi connectivity index (χ1n) is 7.18. The van der Waals surface area contributed by atoms with E-state index < -0.39 is 0 Å². The molecule has 5 nitrogen and oxygen atoms in total. The number of nitrogens with two attached hydrogens (primary N) is 1. The molecule has 0 saturated carbocycles. The summed E-state index contributed by atoms with van der Waals surface area (Å²) in [6, 6.07) is 5.98. The van der Waals surface area contributed by atoms with Gasteiger partial charge in [-0.2, -0.15) is 5.10 Å². The van der Waals surface area contributed by atoms with Crippen molar-refractivity contribution in [3.63, 3.8) is 0 Å². The van der Waals surface area contributed by atoms with Crippen LogP contribution in [0.1, 0.15) is 23.7 Å². The minimum atomic E-state index is 0.564. The third kappa shape index (κ3) is 3.19. The molecule has 0 saturated heterocycles. The zero-order valence-corrected chi connectivity index (χ0v) is 13.1. The summed E-state index contributed by atoms with van der Waals surface area (Å²) in [5.74, 6) is 2.14. The van der Waals surface area contributed by atoms with Gasteiger partial charge in [0, 0.05) is 12.6 Å². The first kappa shape index (κ1) is 15.4. The summed E-state index contributed by atoms with van der Waals surface area (Å²) >= 11 is 0. The Morgan fingerprint density at radius 3 is 2.67 bits per heavy atom. The van der Waals surface area contributed by atoms with Crippen molar-refractivity contribution in [2.24, 2.45) is 12.8 Å². The minimum Gasteiger partial charge on any atom is -0.493 e. The molecule has 1 aromatic heterocycles. The van der Waals surface area contributed by atoms with Crippen LogP contribution in [-0.4, -0.2) is 23.4 Å². The molecule has 0 aliphatic carbocycles. The van der Waals surface area contributed by atoms with Crippen LogP contribution in [0.5, 0.6) is 17.4 Å². The molecule has 0 amide bonds. The van der Waals surface area contributed by atoms with E-state index in [2.05, 4.69) is 12.0 Å². The minimum absolute atomic E-state index is 0.564. The fourth-order valence-corrected chi connectivity index (χ4v) is 2.36. The Morgan fingerprint density at radius 2 is 2.05 bits per heavy atom. The average Bonchev–Trinajstić information content (AvgIpc) is 2.75. The second kappa shape index (κ2) is 6.63. The molecule has 1 heterocycles. The maximum atomic E-state index is 6.06. The van der Waals surface area contributed by atoms with E-state index in [9.17, 15) is 0 Å². The van der Waals surface area contributed by atoms with E-state index in [4.69, 9.17) is 15.2 Å². The number of aryl methyl sites for hydroxylation is 3. The Morgan fingerprint density at radius 1 is 1.29 bits per heavy atom. The third-order valence-corrected chi connectivity index (χ3v) is 3.53. The predicted molar refractivity (Wildman–Crippen MR) is 83.1 cm³/mol. The van der Waals surface area contributed by atoms with Gasteiger partial charge in [-0.25, -0.2) is 4.68 Å². The molecular weight excluding hydrogens is 266 g/mol. The molecule has 0 aliphatic rings. The van der Waals surface area contributed by atoms with Crippen LogP contribution in [0.25, 0.3) is 0 Å². The second-order valence-electron chi connectivity index (χ2n) is 4.97. The van der Waals surface area contributed by atoms with E-state index in [0.29, 0.717) is 12.3 Å². The normalized spacial score (nSPS) is 10.7. The molecule has 0 unspecified atom stereocenters. The van der Waals surface area contributed by atoms with Crippen molar-refractivity contribution in [2.75, 3.05) is 13.7 Å². The van der Waals surface area contributed by atoms with Gasteiger partial charge in [0.15, 0.2) is 11.5 Å². The van der Waals surface area contributed by atoms with E-state index in [1.54, 1.807) is 11.8 Å². The van der Waals surface area contributed by atoms with E-state index >= 15 is 0 Å². The van der Waals surface area contributed by atoms with E-state index in [-0.39, 0.29) is 0 Å². The molecule has 0 atom stereocenters. The number of hydrogen-bond acceptors (Lipinski definition) is 4. The monoisotopic (exact) mass is 289 g/mol. The zero-order valence-electron chi connectivity index (χ0n) is 13.1. The molecule has 114 valence electrons. The lowest BCUT2D eigenvalue weighted by Gasteiger charge is -2.13. The number of hydrogen-bond donors (Lipinski definition) is 1. The summed E-state index contributed by atoms with van der Waals surface area (Å²) in [6.07, 6.45) is 1.70. The van der Waals surface area contributed by atoms with Gasteiger partial charge in [0.2, 0.25) is 5.88 Å². The quantitative estimate of drug-likeness (QED) is 0.888. The molecule has 21 heavy (non-hydrogen) atoms. The van der Waals surface area contributed by atoms with Crippen LogP contribution in [0.3, 0.4) is 0 Å². The fourth-order valence-electron chi connectivity index (χ4n) is 2.36. The maximum absolute atomic E-state index is 6.06. The lowest BCUT2D eigenvalue weighted by Crippen LogP contribution is -2.05. The Hall–Kier alpha value is -2.01. The van der Waals surface area contributed by atoms with Gasteiger partial charge in [-0.1, -0.05) is 13.0 Å². The topological polar surface area (TPSA) is 62.3 Å². The Balaban J connectivity index is 2.38. The molecule has 0 fully saturated rings. The molecular formula is C16H23N3O2. The number of rotatable bonds is 6. The smallest absolute Gasteiger partial charge is 0.221 e. The first-order chi connectivity index (χ1) is 10.1. The van der Waals surface area contributed by atoms with Gasteiger partial charge in [-0.05, 0) is 44.0 Å². The Kier molecular flexibility index (Phi) is 4.85. The number of benzene rings is 1. The number of methoxy groups -OCH3 is 1. The SMILES string of the molecule is CCc1ccc(Oc2c(CCN)c(C)nn2C)c(OC)c1. The lowest BCUT2D eigenvalue weighted by molar-refractivity contribution is 0.363. The standard InChI is InChI=1S/C16H23N3O2/c1-5-12-6-7-14(15(10-12)20-4)21-16-13(8-9-17)11(2)18-19(16)3/h6-7,10H,5,8-9,17H2,1-4H3. The number of nitrogens with zero attached hydrogens (tertiary/aromatic N) is 2. The summed E-state index contributed by atoms with van der Waals surface area (Å²) in [5.41, 5.74) is 8.88. The Bertz CT molecular complexity index is 620. The van der Waals surface area contributed by atoms with Crippen molar-refractivity contribution in [2.45, 2.75) is 26.7 Å². The van der Waals surface area contributed by atoms with Crippen LogP contribution >= 0.6 is 0 Å². The van der Waals surface area contributed by atoms with Gasteiger partial charge in [-0.15, -0.1) is 0 Å². The molecule has 0 aliphatic heterocycles. The van der Waals surface area contributed by atoms with Crippen molar-refractivity contribution >= 4 is 0 Å². The van der Waals surface area contributed by atoms with Gasteiger partial charge >= 0.3 is 0 Å². The van der Waals surface area contributed by atoms with Gasteiger partial charge in [0.25, 0.3) is 0 Å². The lowest BCUT2D eigenvalue weighted by atomic mass is 10.1. The second-order valence-corrected chi connectivity index (χ2v) is 4.97. The molecule has 2 rings (SSSR count). The highest BCUT2D eigenvalue weighted by atomic mass is 16.5. The maximum Gasteiger partial charge on any atom is 0.221 e. The van der Waals surface area contributed by atoms with Crippen molar-refractivity contribution in [3.8, 4) is 17.4 Å². The third-order valence-electron chi connectivity index (χ3n) is 3.53. The zero-order chi connectivity index (χ0) is 15.4. The van der Waals surface area contributed by atoms with E-state index in [0.717, 1.165) is 35.7 Å². The van der Waals surface area contributed by atoms with Gasteiger partial charge in [0.05, 0.1) is 12.8 Å². The number of aromatic nitrogens is 2. The molecule has 1 aromatic carbocycles. The highest BCUT2D eigenvalue weighted by Gasteiger charge is 2.16.